The fourth-order valence-corrected chi connectivity index (χ4v) is 2.18. The van der Waals surface area contributed by atoms with Crippen LogP contribution in [0.3, 0.4) is 0 Å². The average molecular weight is 357 g/mol. The van der Waals surface area contributed by atoms with Crippen molar-refractivity contribution >= 4 is 58.2 Å². The van der Waals surface area contributed by atoms with Gasteiger partial charge in [-0.05, 0) is 32.9 Å². The van der Waals surface area contributed by atoms with Gasteiger partial charge in [-0.15, -0.1) is 0 Å². The SMILES string of the molecule is CC(C)(C)[S@@](=O)N=Cc1ccc(Cl)cc1Br.S. The molecule has 0 spiro atoms. The van der Waals surface area contributed by atoms with Crippen LogP contribution in [0.25, 0.3) is 0 Å². The molecular formula is C11H15BrClNOS2. The van der Waals surface area contributed by atoms with Crippen LogP contribution >= 0.6 is 41.0 Å². The second-order valence-corrected chi connectivity index (χ2v) is 7.49. The summed E-state index contributed by atoms with van der Waals surface area (Å²) in [5.74, 6) is 0. The van der Waals surface area contributed by atoms with E-state index in [0.29, 0.717) is 5.02 Å². The van der Waals surface area contributed by atoms with E-state index in [1.807, 2.05) is 26.8 Å². The summed E-state index contributed by atoms with van der Waals surface area (Å²) in [6, 6.07) is 5.38. The zero-order valence-electron chi connectivity index (χ0n) is 9.83. The van der Waals surface area contributed by atoms with Gasteiger partial charge in [0.2, 0.25) is 0 Å². The molecule has 1 aromatic rings. The Bertz CT molecular complexity index is 444. The summed E-state index contributed by atoms with van der Waals surface area (Å²) < 4.78 is 16.2. The molecular weight excluding hydrogens is 342 g/mol. The minimum absolute atomic E-state index is 0. The molecule has 2 nitrogen and oxygen atoms in total. The molecule has 0 aliphatic heterocycles. The van der Waals surface area contributed by atoms with Crippen molar-refractivity contribution in [1.29, 1.82) is 0 Å². The first-order chi connectivity index (χ1) is 7.30. The van der Waals surface area contributed by atoms with Crippen molar-refractivity contribution in [3.63, 3.8) is 0 Å². The molecule has 0 saturated heterocycles. The molecule has 96 valence electrons. The van der Waals surface area contributed by atoms with Crippen molar-refractivity contribution in [3.8, 4) is 0 Å². The third-order valence-electron chi connectivity index (χ3n) is 1.77. The smallest absolute Gasteiger partial charge is 0.144 e. The maximum atomic E-state index is 11.7. The van der Waals surface area contributed by atoms with E-state index in [9.17, 15) is 4.21 Å². The van der Waals surface area contributed by atoms with Crippen LogP contribution in [-0.4, -0.2) is 15.2 Å². The van der Waals surface area contributed by atoms with E-state index in [1.54, 1.807) is 18.3 Å². The van der Waals surface area contributed by atoms with Gasteiger partial charge < -0.3 is 0 Å². The van der Waals surface area contributed by atoms with Crippen LogP contribution < -0.4 is 0 Å². The first-order valence-corrected chi connectivity index (χ1v) is 6.99. The average Bonchev–Trinajstić information content (AvgIpc) is 2.14. The predicted molar refractivity (Wildman–Crippen MR) is 85.0 cm³/mol. The third-order valence-corrected chi connectivity index (χ3v) is 4.04. The number of halogens is 2. The molecule has 0 aliphatic carbocycles. The highest BCUT2D eigenvalue weighted by Gasteiger charge is 2.18. The van der Waals surface area contributed by atoms with E-state index in [-0.39, 0.29) is 18.2 Å². The maximum Gasteiger partial charge on any atom is 0.144 e. The summed E-state index contributed by atoms with van der Waals surface area (Å²) in [6.45, 7) is 5.66. The number of hydrogen-bond acceptors (Lipinski definition) is 1. The largest absolute Gasteiger partial charge is 0.234 e. The van der Waals surface area contributed by atoms with Crippen LogP contribution in [0.2, 0.25) is 5.02 Å². The van der Waals surface area contributed by atoms with Crippen LogP contribution in [0.4, 0.5) is 0 Å². The molecule has 1 atom stereocenters. The van der Waals surface area contributed by atoms with Gasteiger partial charge in [0.05, 0.1) is 4.75 Å². The van der Waals surface area contributed by atoms with Gasteiger partial charge in [-0.1, -0.05) is 33.6 Å². The van der Waals surface area contributed by atoms with Gasteiger partial charge >= 0.3 is 0 Å². The van der Waals surface area contributed by atoms with E-state index < -0.39 is 11.0 Å². The second kappa shape index (κ2) is 6.92. The predicted octanol–water partition coefficient (Wildman–Crippen LogP) is 4.10. The summed E-state index contributed by atoms with van der Waals surface area (Å²) in [4.78, 5) is 0. The van der Waals surface area contributed by atoms with Crippen LogP contribution in [-0.2, 0) is 11.0 Å². The van der Waals surface area contributed by atoms with Crippen molar-refractivity contribution in [2.24, 2.45) is 4.40 Å². The van der Waals surface area contributed by atoms with Gasteiger partial charge in [-0.2, -0.15) is 17.9 Å². The maximum absolute atomic E-state index is 11.7. The molecule has 0 bridgehead atoms. The van der Waals surface area contributed by atoms with Crippen molar-refractivity contribution in [1.82, 2.24) is 0 Å². The van der Waals surface area contributed by atoms with E-state index in [2.05, 4.69) is 20.3 Å². The molecule has 0 radical (unpaired) electrons. The third kappa shape index (κ3) is 5.55. The Morgan fingerprint density at radius 3 is 2.47 bits per heavy atom. The summed E-state index contributed by atoms with van der Waals surface area (Å²) in [5.41, 5.74) is 0.863. The molecule has 1 aromatic carbocycles. The van der Waals surface area contributed by atoms with Crippen LogP contribution in [0.5, 0.6) is 0 Å². The van der Waals surface area contributed by atoms with Gasteiger partial charge in [-0.25, -0.2) is 4.21 Å². The van der Waals surface area contributed by atoms with Gasteiger partial charge in [-0.3, -0.25) is 0 Å². The summed E-state index contributed by atoms with van der Waals surface area (Å²) >= 11 is 9.19. The van der Waals surface area contributed by atoms with Crippen LogP contribution in [0, 0.1) is 0 Å². The standard InChI is InChI=1S/C11H13BrClNOS.H2S/c1-11(2,3)16(15)14-7-8-4-5-9(13)6-10(8)12;/h4-7H,1-3H3;1H2/t16-;/m1./s1. The Morgan fingerprint density at radius 2 is 2.00 bits per heavy atom. The normalized spacial score (nSPS) is 13.5. The highest BCUT2D eigenvalue weighted by Crippen LogP contribution is 2.20. The molecule has 0 N–H and O–H groups in total. The van der Waals surface area contributed by atoms with E-state index >= 15 is 0 Å². The number of benzene rings is 1. The Kier molecular flexibility index (Phi) is 6.99. The molecule has 0 aromatic heterocycles. The quantitative estimate of drug-likeness (QED) is 0.734. The molecule has 0 heterocycles. The lowest BCUT2D eigenvalue weighted by Crippen LogP contribution is -2.19. The number of rotatable bonds is 2. The molecule has 1 rings (SSSR count). The van der Waals surface area contributed by atoms with E-state index in [1.165, 1.54) is 0 Å². The fraction of sp³-hybridized carbons (Fsp3) is 0.364. The zero-order chi connectivity index (χ0) is 12.3. The van der Waals surface area contributed by atoms with Crippen molar-refractivity contribution in [3.05, 3.63) is 33.3 Å². The molecule has 0 aliphatic rings. The van der Waals surface area contributed by atoms with Crippen molar-refractivity contribution < 1.29 is 4.21 Å². The Morgan fingerprint density at radius 1 is 1.41 bits per heavy atom. The van der Waals surface area contributed by atoms with E-state index in [4.69, 9.17) is 11.6 Å². The van der Waals surface area contributed by atoms with Crippen LogP contribution in [0.15, 0.2) is 27.1 Å². The van der Waals surface area contributed by atoms with Gasteiger partial charge in [0.15, 0.2) is 0 Å². The fourth-order valence-electron chi connectivity index (χ4n) is 0.869. The lowest BCUT2D eigenvalue weighted by molar-refractivity contribution is 0.651. The topological polar surface area (TPSA) is 29.4 Å². The Hall–Kier alpha value is 0.160. The molecule has 17 heavy (non-hydrogen) atoms. The highest BCUT2D eigenvalue weighted by atomic mass is 79.9. The second-order valence-electron chi connectivity index (χ2n) is 4.26. The van der Waals surface area contributed by atoms with Crippen LogP contribution in [0.1, 0.15) is 26.3 Å². The number of hydrogen-bond donors (Lipinski definition) is 0. The van der Waals surface area contributed by atoms with Gasteiger partial charge in [0, 0.05) is 21.3 Å². The molecule has 0 fully saturated rings. The molecule has 0 saturated carbocycles. The molecule has 6 heteroatoms. The van der Waals surface area contributed by atoms with E-state index in [0.717, 1.165) is 10.0 Å². The first-order valence-electron chi connectivity index (χ1n) is 4.72. The molecule has 0 unspecified atom stereocenters. The minimum atomic E-state index is -1.24. The lowest BCUT2D eigenvalue weighted by atomic mass is 10.2. The molecule has 0 amide bonds. The summed E-state index contributed by atoms with van der Waals surface area (Å²) in [6.07, 6.45) is 1.60. The lowest BCUT2D eigenvalue weighted by Gasteiger charge is -2.12. The summed E-state index contributed by atoms with van der Waals surface area (Å²) in [7, 11) is -1.24. The van der Waals surface area contributed by atoms with Gasteiger partial charge in [0.25, 0.3) is 0 Å². The van der Waals surface area contributed by atoms with Gasteiger partial charge in [0.1, 0.15) is 11.0 Å². The Balaban J connectivity index is 0.00000256. The number of nitrogens with zero attached hydrogens (tertiary/aromatic N) is 1. The van der Waals surface area contributed by atoms with Crippen molar-refractivity contribution in [2.75, 3.05) is 0 Å². The summed E-state index contributed by atoms with van der Waals surface area (Å²) in [5, 5.41) is 0.654. The first kappa shape index (κ1) is 17.2. The van der Waals surface area contributed by atoms with Crippen molar-refractivity contribution in [2.45, 2.75) is 25.5 Å². The Labute approximate surface area is 125 Å². The highest BCUT2D eigenvalue weighted by molar-refractivity contribution is 9.10. The monoisotopic (exact) mass is 355 g/mol. The minimum Gasteiger partial charge on any atom is -0.234 e. The zero-order valence-corrected chi connectivity index (χ0v) is 14.0.